The lowest BCUT2D eigenvalue weighted by molar-refractivity contribution is 0.590. The van der Waals surface area contributed by atoms with Crippen LogP contribution in [-0.4, -0.2) is 15.8 Å². The van der Waals surface area contributed by atoms with Gasteiger partial charge < -0.3 is 18.9 Å². The van der Waals surface area contributed by atoms with Crippen molar-refractivity contribution in [2.24, 2.45) is 0 Å². The van der Waals surface area contributed by atoms with Gasteiger partial charge in [-0.2, -0.15) is 0 Å². The zero-order valence-corrected chi connectivity index (χ0v) is 51.8. The van der Waals surface area contributed by atoms with Crippen LogP contribution in [-0.2, 0) is 11.8 Å². The van der Waals surface area contributed by atoms with E-state index in [2.05, 4.69) is 344 Å². The Balaban J connectivity index is 1.03. The smallest absolute Gasteiger partial charge is 0.252 e. The number of aromatic nitrogens is 2. The van der Waals surface area contributed by atoms with Crippen LogP contribution in [0.3, 0.4) is 0 Å². The molecule has 0 N–H and O–H groups in total. The first-order valence-corrected chi connectivity index (χ1v) is 32.3. The number of unbranched alkanes of at least 4 members (excludes halogenated alkanes) is 1. The van der Waals surface area contributed by atoms with E-state index in [1.54, 1.807) is 0 Å². The Hall–Kier alpha value is -10.9. The van der Waals surface area contributed by atoms with Crippen LogP contribution < -0.4 is 26.2 Å². The van der Waals surface area contributed by atoms with Crippen LogP contribution in [0.1, 0.15) is 51.7 Å². The molecule has 5 heteroatoms. The van der Waals surface area contributed by atoms with Crippen LogP contribution >= 0.6 is 0 Å². The van der Waals surface area contributed by atoms with Crippen molar-refractivity contribution in [1.29, 1.82) is 0 Å². The molecule has 4 nitrogen and oxygen atoms in total. The molecule has 0 fully saturated rings. The minimum absolute atomic E-state index is 0.164. The number of aryl methyl sites for hydroxylation is 1. The molecule has 0 unspecified atom stereocenters. The van der Waals surface area contributed by atoms with Crippen LogP contribution in [0.15, 0.2) is 297 Å². The minimum atomic E-state index is -0.265. The molecule has 13 aromatic carbocycles. The highest BCUT2D eigenvalue weighted by Crippen LogP contribution is 2.53. The highest BCUT2D eigenvalue weighted by atomic mass is 15.2. The molecule has 0 bridgehead atoms. The molecule has 91 heavy (non-hydrogen) atoms. The quantitative estimate of drug-likeness (QED) is 0.120. The van der Waals surface area contributed by atoms with Crippen LogP contribution in [0, 0.1) is 0 Å². The number of fused-ring (bicyclic) bond motifs is 10. The molecule has 17 rings (SSSR count). The number of nitrogens with zero attached hydrogens (tertiary/aromatic N) is 4. The molecule has 0 amide bonds. The fraction of sp³-hybridized carbons (Fsp3) is 0.0930. The maximum absolute atomic E-state index is 2.71. The van der Waals surface area contributed by atoms with Gasteiger partial charge in [0.05, 0.1) is 27.8 Å². The molecule has 0 saturated heterocycles. The fourth-order valence-electron chi connectivity index (χ4n) is 15.1. The molecule has 2 aliphatic heterocycles. The number of hydrogen-bond acceptors (Lipinski definition) is 2. The summed E-state index contributed by atoms with van der Waals surface area (Å²) >= 11 is 0. The van der Waals surface area contributed by atoms with Crippen molar-refractivity contribution in [3.8, 4) is 55.9 Å². The second-order valence-corrected chi connectivity index (χ2v) is 25.8. The van der Waals surface area contributed by atoms with Gasteiger partial charge in [0.1, 0.15) is 0 Å². The first kappa shape index (κ1) is 54.3. The van der Waals surface area contributed by atoms with E-state index in [0.29, 0.717) is 0 Å². The SMILES string of the molecule is CCCCc1cc(-c2ccccc2)ccc1N1c2cc(-n3c4ccccc4c4ccccc43)ccc2B2c3ccc(-n4c5ccccc5c5ccccc54)cc3N(c3c(-c4ccccc4)cc(-c4ccccc4)cc3-c3ccccc3)c3cc(C(C)(C)C)cc1c32. The van der Waals surface area contributed by atoms with Gasteiger partial charge in [-0.25, -0.2) is 0 Å². The molecular weight excluding hydrogens is 1100 g/mol. The lowest BCUT2D eigenvalue weighted by Gasteiger charge is -2.46. The number of para-hydroxylation sites is 4. The topological polar surface area (TPSA) is 16.3 Å². The number of rotatable bonds is 11. The van der Waals surface area contributed by atoms with Crippen LogP contribution in [0.25, 0.3) is 99.5 Å². The van der Waals surface area contributed by atoms with E-state index in [-0.39, 0.29) is 12.1 Å². The van der Waals surface area contributed by atoms with Crippen molar-refractivity contribution in [1.82, 2.24) is 9.13 Å². The summed E-state index contributed by atoms with van der Waals surface area (Å²) in [6, 6.07) is 112. The van der Waals surface area contributed by atoms with E-state index < -0.39 is 0 Å². The molecule has 0 radical (unpaired) electrons. The van der Waals surface area contributed by atoms with Crippen LogP contribution in [0.4, 0.5) is 34.1 Å². The summed E-state index contributed by atoms with van der Waals surface area (Å²) in [5, 5.41) is 4.97. The van der Waals surface area contributed by atoms with Gasteiger partial charge in [0.15, 0.2) is 0 Å². The molecule has 4 heterocycles. The van der Waals surface area contributed by atoms with E-state index in [1.165, 1.54) is 116 Å². The zero-order chi connectivity index (χ0) is 60.9. The summed E-state index contributed by atoms with van der Waals surface area (Å²) in [5.41, 5.74) is 29.6. The summed E-state index contributed by atoms with van der Waals surface area (Å²) in [7, 11) is 0. The van der Waals surface area contributed by atoms with E-state index >= 15 is 0 Å². The Kier molecular flexibility index (Phi) is 13.0. The fourth-order valence-corrected chi connectivity index (χ4v) is 15.1. The monoisotopic (exact) mass is 1170 g/mol. The maximum atomic E-state index is 2.71. The first-order valence-electron chi connectivity index (χ1n) is 32.3. The van der Waals surface area contributed by atoms with Crippen molar-refractivity contribution in [2.75, 3.05) is 9.80 Å². The zero-order valence-electron chi connectivity index (χ0n) is 51.8. The van der Waals surface area contributed by atoms with Gasteiger partial charge in [0, 0.05) is 72.5 Å². The summed E-state index contributed by atoms with van der Waals surface area (Å²) in [6.07, 6.45) is 3.08. The number of benzene rings is 13. The van der Waals surface area contributed by atoms with Gasteiger partial charge in [-0.05, 0) is 164 Å². The summed E-state index contributed by atoms with van der Waals surface area (Å²) in [5.74, 6) is 0. The Morgan fingerprint density at radius 1 is 0.330 bits per heavy atom. The molecule has 2 aliphatic rings. The molecule has 15 aromatic rings. The van der Waals surface area contributed by atoms with Crippen molar-refractivity contribution in [3.63, 3.8) is 0 Å². The van der Waals surface area contributed by atoms with Crippen molar-refractivity contribution < 1.29 is 0 Å². The third-order valence-corrected chi connectivity index (χ3v) is 19.4. The summed E-state index contributed by atoms with van der Waals surface area (Å²) in [4.78, 5) is 5.41. The van der Waals surface area contributed by atoms with Gasteiger partial charge in [0.2, 0.25) is 0 Å². The maximum Gasteiger partial charge on any atom is 0.252 e. The molecule has 0 saturated carbocycles. The minimum Gasteiger partial charge on any atom is -0.311 e. The van der Waals surface area contributed by atoms with E-state index in [9.17, 15) is 0 Å². The van der Waals surface area contributed by atoms with E-state index in [4.69, 9.17) is 0 Å². The molecule has 434 valence electrons. The Labute approximate surface area is 533 Å². The highest BCUT2D eigenvalue weighted by molar-refractivity contribution is 7.00. The largest absolute Gasteiger partial charge is 0.311 e. The van der Waals surface area contributed by atoms with Crippen LogP contribution in [0.5, 0.6) is 0 Å². The summed E-state index contributed by atoms with van der Waals surface area (Å²) in [6.45, 7) is 9.33. The Morgan fingerprint density at radius 3 is 1.19 bits per heavy atom. The van der Waals surface area contributed by atoms with E-state index in [0.717, 1.165) is 64.3 Å². The van der Waals surface area contributed by atoms with Gasteiger partial charge in [-0.3, -0.25) is 0 Å². The van der Waals surface area contributed by atoms with E-state index in [1.807, 2.05) is 0 Å². The van der Waals surface area contributed by atoms with Gasteiger partial charge in [-0.1, -0.05) is 246 Å². The van der Waals surface area contributed by atoms with Gasteiger partial charge >= 0.3 is 0 Å². The first-order chi connectivity index (χ1) is 44.8. The third kappa shape index (κ3) is 8.89. The van der Waals surface area contributed by atoms with Gasteiger partial charge in [0.25, 0.3) is 6.71 Å². The predicted molar refractivity (Wildman–Crippen MR) is 388 cm³/mol. The van der Waals surface area contributed by atoms with Crippen molar-refractivity contribution in [3.05, 3.63) is 308 Å². The normalized spacial score (nSPS) is 12.7. The Morgan fingerprint density at radius 2 is 0.736 bits per heavy atom. The Bertz CT molecular complexity index is 5160. The second-order valence-electron chi connectivity index (χ2n) is 25.8. The molecule has 0 spiro atoms. The molecule has 0 atom stereocenters. The average molecular weight is 1170 g/mol. The third-order valence-electron chi connectivity index (χ3n) is 19.4. The molecule has 2 aromatic heterocycles. The number of hydrogen-bond donors (Lipinski definition) is 0. The molecular formula is C86H67BN4. The lowest BCUT2D eigenvalue weighted by atomic mass is 9.33. The standard InChI is InChI=1S/C86H67BN4/c1-5-6-27-62-50-61(57-28-11-7-12-29-57)44-49-75(62)90-80-55-65(88-76-40-23-19-36-67(76)68-37-20-24-41-77(68)88)45-47-73(80)87-74-48-46-66(89-78-42-25-21-38-69(78)70-39-22-26-43-79(70)89)56-81(74)91(83-54-64(86(2,3)4)53-82(90)84(83)87)85-71(59-32-15-9-16-33-59)51-63(58-30-13-8-14-31-58)52-72(85)60-34-17-10-18-35-60/h7-26,28-56H,5-6,27H2,1-4H3. The van der Waals surface area contributed by atoms with Crippen molar-refractivity contribution >= 4 is 101 Å². The van der Waals surface area contributed by atoms with Crippen LogP contribution in [0.2, 0.25) is 0 Å². The number of anilines is 6. The highest BCUT2D eigenvalue weighted by Gasteiger charge is 2.46. The van der Waals surface area contributed by atoms with Crippen molar-refractivity contribution in [2.45, 2.75) is 52.4 Å². The predicted octanol–water partition coefficient (Wildman–Crippen LogP) is 21.3. The second kappa shape index (κ2) is 21.7. The average Bonchev–Trinajstić information content (AvgIpc) is 1.12. The lowest BCUT2D eigenvalue weighted by Crippen LogP contribution is -2.61. The summed E-state index contributed by atoms with van der Waals surface area (Å²) < 4.78 is 4.99. The molecule has 0 aliphatic carbocycles. The van der Waals surface area contributed by atoms with Gasteiger partial charge in [-0.15, -0.1) is 0 Å².